The molecule has 0 amide bonds. The number of hydrogen-bond donors (Lipinski definition) is 1. The van der Waals surface area contributed by atoms with Crippen LogP contribution >= 0.6 is 0 Å². The van der Waals surface area contributed by atoms with Crippen molar-refractivity contribution < 1.29 is 17.6 Å². The van der Waals surface area contributed by atoms with Gasteiger partial charge in [-0.25, -0.2) is 17.5 Å². The summed E-state index contributed by atoms with van der Waals surface area (Å²) in [7, 11) is -1.99. The van der Waals surface area contributed by atoms with E-state index in [4.69, 9.17) is 4.84 Å². The van der Waals surface area contributed by atoms with Gasteiger partial charge in [-0.05, 0) is 30.2 Å². The summed E-state index contributed by atoms with van der Waals surface area (Å²) in [4.78, 5) is 5.42. The molecular formula is C18H21FN2O3S. The van der Waals surface area contributed by atoms with Gasteiger partial charge in [-0.2, -0.15) is 5.06 Å². The van der Waals surface area contributed by atoms with Crippen LogP contribution in [0.3, 0.4) is 0 Å². The van der Waals surface area contributed by atoms with Gasteiger partial charge in [0, 0.05) is 13.6 Å². The maximum Gasteiger partial charge on any atom is 0.219 e. The third-order valence-electron chi connectivity index (χ3n) is 4.34. The molecule has 0 spiro atoms. The van der Waals surface area contributed by atoms with Crippen LogP contribution in [-0.4, -0.2) is 32.4 Å². The number of rotatable bonds is 5. The lowest BCUT2D eigenvalue weighted by atomic mass is 10.0. The number of nitrogens with one attached hydrogen (secondary N) is 1. The minimum absolute atomic E-state index is 0.0286. The van der Waals surface area contributed by atoms with Crippen molar-refractivity contribution in [1.29, 1.82) is 0 Å². The van der Waals surface area contributed by atoms with Crippen molar-refractivity contribution in [3.8, 4) is 0 Å². The summed E-state index contributed by atoms with van der Waals surface area (Å²) in [5.74, 6) is -0.401. The second-order valence-electron chi connectivity index (χ2n) is 6.24. The van der Waals surface area contributed by atoms with Crippen LogP contribution in [0.4, 0.5) is 4.39 Å². The van der Waals surface area contributed by atoms with Gasteiger partial charge in [0.15, 0.2) is 0 Å². The first-order chi connectivity index (χ1) is 11.9. The summed E-state index contributed by atoms with van der Waals surface area (Å²) in [5, 5.41) is 0.662. The highest BCUT2D eigenvalue weighted by molar-refractivity contribution is 7.90. The predicted molar refractivity (Wildman–Crippen MR) is 93.6 cm³/mol. The summed E-state index contributed by atoms with van der Waals surface area (Å²) in [5.41, 5.74) is 2.53. The Bertz CT molecular complexity index is 857. The third kappa shape index (κ3) is 4.07. The van der Waals surface area contributed by atoms with Crippen molar-refractivity contribution >= 4 is 10.0 Å². The molecule has 1 saturated heterocycles. The summed E-state index contributed by atoms with van der Waals surface area (Å²) in [6.45, 7) is 2.19. The quantitative estimate of drug-likeness (QED) is 0.886. The van der Waals surface area contributed by atoms with Gasteiger partial charge in [0.25, 0.3) is 0 Å². The monoisotopic (exact) mass is 364 g/mol. The van der Waals surface area contributed by atoms with Crippen LogP contribution in [-0.2, 0) is 21.4 Å². The van der Waals surface area contributed by atoms with Crippen LogP contribution in [0.2, 0.25) is 0 Å². The number of nitrogens with zero attached hydrogens (tertiary/aromatic N) is 1. The first-order valence-corrected chi connectivity index (χ1v) is 9.57. The Morgan fingerprint density at radius 3 is 2.72 bits per heavy atom. The van der Waals surface area contributed by atoms with E-state index in [2.05, 4.69) is 4.72 Å². The molecule has 0 saturated carbocycles. The molecule has 25 heavy (non-hydrogen) atoms. The number of hydrogen-bond acceptors (Lipinski definition) is 4. The highest BCUT2D eigenvalue weighted by Gasteiger charge is 2.43. The Hall–Kier alpha value is -1.80. The van der Waals surface area contributed by atoms with Crippen molar-refractivity contribution in [3.63, 3.8) is 0 Å². The van der Waals surface area contributed by atoms with Crippen molar-refractivity contribution in [1.82, 2.24) is 9.79 Å². The standard InChI is InChI=1S/C18H21FN2O3S/c1-13-5-3-6-14(9-13)11-20-25(22,23)17-12-24-21(2)18(17)15-7-4-8-16(19)10-15/h3-10,17-18,20H,11-12H2,1-2H3. The molecule has 0 aromatic heterocycles. The summed E-state index contributed by atoms with van der Waals surface area (Å²) in [6.07, 6.45) is 0. The molecule has 0 bridgehead atoms. The molecule has 2 atom stereocenters. The molecule has 1 heterocycles. The molecule has 2 aromatic rings. The molecule has 1 aliphatic rings. The maximum atomic E-state index is 13.6. The van der Waals surface area contributed by atoms with E-state index in [9.17, 15) is 12.8 Å². The Morgan fingerprint density at radius 1 is 1.24 bits per heavy atom. The largest absolute Gasteiger partial charge is 0.297 e. The number of hydroxylamine groups is 2. The molecule has 1 fully saturated rings. The van der Waals surface area contributed by atoms with E-state index in [0.717, 1.165) is 11.1 Å². The Morgan fingerprint density at radius 2 is 2.00 bits per heavy atom. The molecule has 0 radical (unpaired) electrons. The predicted octanol–water partition coefficient (Wildman–Crippen LogP) is 2.54. The summed E-state index contributed by atoms with van der Waals surface area (Å²) in [6, 6.07) is 13.0. The van der Waals surface area contributed by atoms with Crippen molar-refractivity contribution in [3.05, 3.63) is 71.0 Å². The third-order valence-corrected chi connectivity index (χ3v) is 6.07. The molecular weight excluding hydrogens is 343 g/mol. The Labute approximate surface area is 147 Å². The lowest BCUT2D eigenvalue weighted by Gasteiger charge is -2.23. The first-order valence-electron chi connectivity index (χ1n) is 8.02. The van der Waals surface area contributed by atoms with Gasteiger partial charge >= 0.3 is 0 Å². The average molecular weight is 364 g/mol. The van der Waals surface area contributed by atoms with Crippen LogP contribution in [0, 0.1) is 12.7 Å². The van der Waals surface area contributed by atoms with Gasteiger partial charge in [-0.15, -0.1) is 0 Å². The van der Waals surface area contributed by atoms with Gasteiger partial charge in [0.1, 0.15) is 11.1 Å². The Kier molecular flexibility index (Phi) is 5.19. The fourth-order valence-corrected chi connectivity index (χ4v) is 4.57. The van der Waals surface area contributed by atoms with Gasteiger partial charge < -0.3 is 0 Å². The first kappa shape index (κ1) is 18.0. The maximum absolute atomic E-state index is 13.6. The van der Waals surface area contributed by atoms with Gasteiger partial charge in [-0.3, -0.25) is 4.84 Å². The molecule has 0 aliphatic carbocycles. The second-order valence-corrected chi connectivity index (χ2v) is 8.22. The second kappa shape index (κ2) is 7.21. The zero-order valence-electron chi connectivity index (χ0n) is 14.1. The fraction of sp³-hybridized carbons (Fsp3) is 0.333. The van der Waals surface area contributed by atoms with Crippen LogP contribution < -0.4 is 4.72 Å². The zero-order chi connectivity index (χ0) is 18.0. The molecule has 2 unspecified atom stereocenters. The molecule has 134 valence electrons. The van der Waals surface area contributed by atoms with E-state index >= 15 is 0 Å². The van der Waals surface area contributed by atoms with E-state index < -0.39 is 27.1 Å². The molecule has 3 rings (SSSR count). The summed E-state index contributed by atoms with van der Waals surface area (Å²) >= 11 is 0. The fourth-order valence-electron chi connectivity index (χ4n) is 3.08. The van der Waals surface area contributed by atoms with Crippen molar-refractivity contribution in [2.75, 3.05) is 13.7 Å². The number of aryl methyl sites for hydroxylation is 1. The molecule has 7 heteroatoms. The molecule has 5 nitrogen and oxygen atoms in total. The van der Waals surface area contributed by atoms with Crippen LogP contribution in [0.25, 0.3) is 0 Å². The van der Waals surface area contributed by atoms with Gasteiger partial charge in [0.05, 0.1) is 12.6 Å². The molecule has 2 aromatic carbocycles. The van der Waals surface area contributed by atoms with Gasteiger partial charge in [0.2, 0.25) is 10.0 Å². The topological polar surface area (TPSA) is 58.6 Å². The van der Waals surface area contributed by atoms with Crippen molar-refractivity contribution in [2.45, 2.75) is 24.8 Å². The average Bonchev–Trinajstić information content (AvgIpc) is 2.96. The van der Waals surface area contributed by atoms with Gasteiger partial charge in [-0.1, -0.05) is 42.0 Å². The van der Waals surface area contributed by atoms with E-state index in [0.29, 0.717) is 5.56 Å². The van der Waals surface area contributed by atoms with E-state index in [1.165, 1.54) is 17.2 Å². The van der Waals surface area contributed by atoms with Crippen molar-refractivity contribution in [2.24, 2.45) is 0 Å². The van der Waals surface area contributed by atoms with Crippen LogP contribution in [0.15, 0.2) is 48.5 Å². The normalized spacial score (nSPS) is 21.6. The smallest absolute Gasteiger partial charge is 0.219 e. The highest BCUT2D eigenvalue weighted by Crippen LogP contribution is 2.33. The lowest BCUT2D eigenvalue weighted by molar-refractivity contribution is -0.110. The van der Waals surface area contributed by atoms with Crippen LogP contribution in [0.1, 0.15) is 22.7 Å². The van der Waals surface area contributed by atoms with E-state index in [-0.39, 0.29) is 13.2 Å². The Balaban J connectivity index is 1.80. The van der Waals surface area contributed by atoms with Crippen LogP contribution in [0.5, 0.6) is 0 Å². The summed E-state index contributed by atoms with van der Waals surface area (Å²) < 4.78 is 41.8. The SMILES string of the molecule is Cc1cccc(CNS(=O)(=O)C2CON(C)C2c2cccc(F)c2)c1. The number of halogens is 1. The molecule has 1 aliphatic heterocycles. The lowest BCUT2D eigenvalue weighted by Crippen LogP contribution is -2.39. The number of sulfonamides is 1. The minimum Gasteiger partial charge on any atom is -0.297 e. The zero-order valence-corrected chi connectivity index (χ0v) is 15.0. The van der Waals surface area contributed by atoms with E-state index in [1.54, 1.807) is 19.2 Å². The van der Waals surface area contributed by atoms with E-state index in [1.807, 2.05) is 31.2 Å². The number of benzene rings is 2. The minimum atomic E-state index is -3.65. The highest BCUT2D eigenvalue weighted by atomic mass is 32.2. The molecule has 1 N–H and O–H groups in total.